The van der Waals surface area contributed by atoms with Crippen LogP contribution in [0.1, 0.15) is 390 Å². The highest BCUT2D eigenvalue weighted by Crippen LogP contribution is 2.24. The summed E-state index contributed by atoms with van der Waals surface area (Å²) in [7, 11) is 5.67. The Kier molecular flexibility index (Phi) is 78.5. The van der Waals surface area contributed by atoms with Gasteiger partial charge >= 0.3 is 6.09 Å². The first-order valence-electron chi connectivity index (χ1n) is 46.3. The highest BCUT2D eigenvalue weighted by atomic mass is 32.2. The molecule has 6 heterocycles. The maximum absolute atomic E-state index is 11.6. The Hall–Kier alpha value is -4.83. The number of nitrogens with one attached hydrogen (secondary N) is 1. The normalized spacial score (nSPS) is 13.4. The molecule has 3 fully saturated rings. The van der Waals surface area contributed by atoms with Gasteiger partial charge in [0.25, 0.3) is 0 Å². The monoisotopic (exact) mass is 1650 g/mol. The van der Waals surface area contributed by atoms with Crippen LogP contribution in [-0.2, 0) is 54.8 Å². The molecule has 4 aromatic heterocycles. The fourth-order valence-corrected chi connectivity index (χ4v) is 12.6. The third-order valence-corrected chi connectivity index (χ3v) is 20.2. The molecule has 2 aliphatic heterocycles. The summed E-state index contributed by atoms with van der Waals surface area (Å²) in [5.74, 6) is 11.3. The molecule has 1 N–H and O–H groups in total. The number of nitrogens with zero attached hydrogens (tertiary/aromatic N) is 16. The van der Waals surface area contributed by atoms with Crippen LogP contribution in [0.4, 0.5) is 4.79 Å². The van der Waals surface area contributed by atoms with E-state index in [1.807, 2.05) is 48.3 Å². The summed E-state index contributed by atoms with van der Waals surface area (Å²) in [5.41, 5.74) is 1.69. The van der Waals surface area contributed by atoms with Crippen molar-refractivity contribution >= 4 is 23.8 Å². The third kappa shape index (κ3) is 84.2. The molecule has 7 rings (SSSR count). The molecular weight excluding hydrogens is 1460 g/mol. The first-order valence-corrected chi connectivity index (χ1v) is 47.3. The van der Waals surface area contributed by atoms with E-state index in [9.17, 15) is 9.59 Å². The zero-order valence-electron chi connectivity index (χ0n) is 80.6. The van der Waals surface area contributed by atoms with Gasteiger partial charge in [-0.15, -0.1) is 30.6 Å². The molecule has 22 heteroatoms. The van der Waals surface area contributed by atoms with Crippen LogP contribution in [0.5, 0.6) is 0 Å². The predicted octanol–water partition coefficient (Wildman–Crippen LogP) is 24.7. The molecule has 2 amide bonds. The van der Waals surface area contributed by atoms with Crippen molar-refractivity contribution in [3.8, 4) is 0 Å². The molecule has 682 valence electrons. The summed E-state index contributed by atoms with van der Waals surface area (Å²) in [5, 5.41) is 42.7. The van der Waals surface area contributed by atoms with Crippen molar-refractivity contribution in [2.24, 2.45) is 85.7 Å². The number of hydrogen-bond donors (Lipinski definition) is 1. The van der Waals surface area contributed by atoms with E-state index in [0.29, 0.717) is 30.4 Å². The zero-order valence-corrected chi connectivity index (χ0v) is 81.4. The number of aryl methyl sites for hydroxylation is 7. The van der Waals surface area contributed by atoms with E-state index in [0.717, 1.165) is 172 Å². The van der Waals surface area contributed by atoms with Gasteiger partial charge in [0.1, 0.15) is 12.2 Å². The summed E-state index contributed by atoms with van der Waals surface area (Å²) >= 11 is 1.73. The summed E-state index contributed by atoms with van der Waals surface area (Å²) in [6.07, 6.45) is 46.9. The van der Waals surface area contributed by atoms with Crippen molar-refractivity contribution in [3.63, 3.8) is 0 Å². The van der Waals surface area contributed by atoms with Gasteiger partial charge in [-0.2, -0.15) is 4.80 Å². The van der Waals surface area contributed by atoms with E-state index in [-0.39, 0.29) is 19.4 Å². The molecule has 3 aliphatic rings. The quantitative estimate of drug-likeness (QED) is 0.0248. The number of likely N-dealkylation sites (tertiary alicyclic amines) is 1. The number of amides is 2. The van der Waals surface area contributed by atoms with E-state index in [1.54, 1.807) is 29.8 Å². The van der Waals surface area contributed by atoms with Gasteiger partial charge in [-0.25, -0.2) is 14.2 Å². The van der Waals surface area contributed by atoms with Crippen molar-refractivity contribution in [3.05, 3.63) is 42.0 Å². The smallest absolute Gasteiger partial charge is 0.409 e. The number of ether oxygens (including phenoxy) is 2. The first kappa shape index (κ1) is 117. The maximum Gasteiger partial charge on any atom is 0.409 e. The number of unbranched alkanes of at least 4 members (excludes halogenated alkanes) is 6. The average molecular weight is 1660 g/mol. The van der Waals surface area contributed by atoms with Crippen LogP contribution in [0.25, 0.3) is 0 Å². The van der Waals surface area contributed by atoms with Gasteiger partial charge in [0, 0.05) is 77.9 Å². The van der Waals surface area contributed by atoms with Crippen molar-refractivity contribution < 1.29 is 19.1 Å². The topological polar surface area (TPSA) is 220 Å². The fourth-order valence-electron chi connectivity index (χ4n) is 11.8. The molecule has 0 spiro atoms. The molecule has 21 nitrogen and oxygen atoms in total. The minimum absolute atomic E-state index is 0. The minimum atomic E-state index is -0.107. The molecule has 0 atom stereocenters. The Bertz CT molecular complexity index is 2710. The highest BCUT2D eigenvalue weighted by Gasteiger charge is 2.23. The Labute approximate surface area is 720 Å². The SMILES string of the molecule is C.C/C=C/C(C)C.CC(C)CCC(=O)NC1CC1.CC(C)CCCC(C)(C)C.CC(C)CCCCN1CCOCC1.CC(C)CCCCOC(=O)N1CCCCC1.CC(C)CCCCSc1nnnn1C.CC(C)CCCCc1nncn1C.CC(C)CCCCc1nnn(C)n1.CCCC(C)C.Cc1cnnn1CCCCC(C)C. The number of piperidine rings is 1. The number of aromatic nitrogens is 14. The van der Waals surface area contributed by atoms with Crippen LogP contribution in [0, 0.1) is 71.5 Å². The fraction of sp³-hybridized carbons (Fsp3) is 0.894. The first-order chi connectivity index (χ1) is 54.4. The highest BCUT2D eigenvalue weighted by molar-refractivity contribution is 7.99. The Balaban J connectivity index is -0.000000606. The molecule has 1 aliphatic carbocycles. The third-order valence-electron chi connectivity index (χ3n) is 19.1. The van der Waals surface area contributed by atoms with Gasteiger partial charge in [0.15, 0.2) is 5.82 Å². The number of hydrogen-bond acceptors (Lipinski definition) is 16. The van der Waals surface area contributed by atoms with Crippen molar-refractivity contribution in [1.29, 1.82) is 0 Å². The lowest BCUT2D eigenvalue weighted by atomic mass is 9.88. The average Bonchev–Trinajstić information content (AvgIpc) is 1.36. The molecule has 0 radical (unpaired) electrons. The van der Waals surface area contributed by atoms with Gasteiger partial charge in [-0.05, 0) is 191 Å². The molecule has 116 heavy (non-hydrogen) atoms. The largest absolute Gasteiger partial charge is 0.449 e. The second kappa shape index (κ2) is 77.5. The van der Waals surface area contributed by atoms with Crippen LogP contribution >= 0.6 is 11.8 Å². The van der Waals surface area contributed by atoms with Gasteiger partial charge in [0.2, 0.25) is 11.1 Å². The number of morpholine rings is 1. The van der Waals surface area contributed by atoms with Crippen molar-refractivity contribution in [1.82, 2.24) is 85.3 Å². The van der Waals surface area contributed by atoms with Gasteiger partial charge in [-0.3, -0.25) is 9.69 Å². The van der Waals surface area contributed by atoms with E-state index >= 15 is 0 Å². The zero-order chi connectivity index (χ0) is 87.2. The number of thioether (sulfide) groups is 1. The second-order valence-corrected chi connectivity index (χ2v) is 38.7. The number of rotatable bonds is 41. The van der Waals surface area contributed by atoms with E-state index in [1.165, 1.54) is 165 Å². The summed E-state index contributed by atoms with van der Waals surface area (Å²) in [6.45, 7) is 66.9. The molecule has 4 aromatic rings. The van der Waals surface area contributed by atoms with Crippen molar-refractivity contribution in [2.75, 3.05) is 58.3 Å². The number of carbonyl (C=O) groups excluding carboxylic acids is 2. The lowest BCUT2D eigenvalue weighted by Gasteiger charge is -2.26. The molecule has 0 aromatic carbocycles. The van der Waals surface area contributed by atoms with E-state index in [2.05, 4.69) is 240 Å². The second-order valence-electron chi connectivity index (χ2n) is 37.6. The summed E-state index contributed by atoms with van der Waals surface area (Å²) in [6, 6.07) is 0.523. The Morgan fingerprint density at radius 3 is 1.49 bits per heavy atom. The van der Waals surface area contributed by atoms with E-state index < -0.39 is 0 Å². The lowest BCUT2D eigenvalue weighted by molar-refractivity contribution is -0.121. The number of allylic oxidation sites excluding steroid dienone is 2. The number of tetrazole rings is 2. The molecule has 0 unspecified atom stereocenters. The maximum atomic E-state index is 11.6. The van der Waals surface area contributed by atoms with Crippen LogP contribution in [0.15, 0.2) is 29.8 Å². The van der Waals surface area contributed by atoms with Gasteiger partial charge < -0.3 is 24.3 Å². The molecule has 0 bridgehead atoms. The van der Waals surface area contributed by atoms with Crippen LogP contribution in [-0.4, -0.2) is 156 Å². The predicted molar refractivity (Wildman–Crippen MR) is 497 cm³/mol. The van der Waals surface area contributed by atoms with Gasteiger partial charge in [-0.1, -0.05) is 299 Å². The molecule has 2 saturated heterocycles. The van der Waals surface area contributed by atoms with Crippen molar-refractivity contribution in [2.45, 2.75) is 411 Å². The lowest BCUT2D eigenvalue weighted by Crippen LogP contribution is -2.36. The van der Waals surface area contributed by atoms with Crippen LogP contribution in [0.2, 0.25) is 0 Å². The summed E-state index contributed by atoms with van der Waals surface area (Å²) in [4.78, 5) is 28.6. The number of carbonyl (C=O) groups is 2. The van der Waals surface area contributed by atoms with Gasteiger partial charge in [0.05, 0.1) is 38.8 Å². The van der Waals surface area contributed by atoms with E-state index in [4.69, 9.17) is 9.47 Å². The summed E-state index contributed by atoms with van der Waals surface area (Å²) < 4.78 is 16.2. The van der Waals surface area contributed by atoms with Crippen LogP contribution in [0.3, 0.4) is 0 Å². The molecular formula is C94H191N17O4S. The standard InChI is InChI=1S/C13H25NO2.C11H23NO.2C10H19N3.C10H22.C9H18N4S.C9H18N4.C9H17NO.C6H14.C6H12.CH4/c1-12(2)8-4-7-11-16-13(15)14-9-5-3-6-10-14;1-11(2)5-3-4-6-12-7-9-13-10-8-12;1-9(2)6-4-5-7-10-12-11-8-13(10)3;1-9(2)6-4-5-7-13-10(3)8-11-12-13;1-9(2)7-6-8-10(3,4)5;1-8(2)6-4-5-7-14-9-10-11-12-13(9)3;1-8(2)6-4-5-7-9-10-12-13(3)11-9;1-7(2)3-6-9(11)10-8-4-5-8;2*1-4-5-6(2)3;/h12H,3-11H2,1-2H3;11H,3-10H2,1-2H3;2*8-9H,4-7H2,1-3H3;9H,6-8H2,1-5H3;8H,4-7H2,1-3H3;8H,4-7H2,1-3H3;7-8H,3-6H2,1-2H3,(H,10,11);6H,4-5H2,1-3H3;4-6H,1-3H3;1H4/b;;;;;;;;;5-4+;. The minimum Gasteiger partial charge on any atom is -0.449 e. The molecule has 1 saturated carbocycles. The Morgan fingerprint density at radius 2 is 1.08 bits per heavy atom. The van der Waals surface area contributed by atoms with Crippen LogP contribution < -0.4 is 5.32 Å². The Morgan fingerprint density at radius 1 is 0.578 bits per heavy atom.